The fourth-order valence-corrected chi connectivity index (χ4v) is 4.99. The minimum Gasteiger partial charge on any atom is -0.394 e. The fourth-order valence-electron chi connectivity index (χ4n) is 4.99. The van der Waals surface area contributed by atoms with Crippen LogP contribution in [0.5, 0.6) is 0 Å². The number of amides is 5. The van der Waals surface area contributed by atoms with Crippen LogP contribution in [0.2, 0.25) is 0 Å². The summed E-state index contributed by atoms with van der Waals surface area (Å²) >= 11 is 0. The number of aliphatic hydroxyl groups excluding tert-OH is 1. The molecule has 0 aromatic rings. The monoisotopic (exact) mass is 592 g/mol. The zero-order valence-electron chi connectivity index (χ0n) is 24.9. The van der Waals surface area contributed by atoms with Crippen molar-refractivity contribution in [1.29, 1.82) is 0 Å². The number of hydrogen-bond donors (Lipinski definition) is 7. The molecule has 5 atom stereocenters. The lowest BCUT2D eigenvalue weighted by atomic mass is 9.84. The van der Waals surface area contributed by atoms with Gasteiger partial charge in [0.15, 0.2) is 6.34 Å². The third-order valence-electron chi connectivity index (χ3n) is 7.36. The standard InChI is InChI=1S/C28H45N7O7/c1-16(2)24(35-25(39)17(3)31-27(41)23(14-37)32-18(4)38)28(42)34-22(10-19-8-6-5-7-9-19)26(40)33-21(13-36)11-20-12-29-15-30-20/h12-13,15-17,19,21-24,37H,5-11,14H2,1-4H3,(H,29,30)(H,31,41)(H,32,38)(H,33,40)(H,34,42)(H,35,39)/p+1/t17-,21-,22-,23-,24-/m0/s1. The molecule has 1 heterocycles. The molecule has 234 valence electrons. The molecule has 8 N–H and O–H groups in total. The van der Waals surface area contributed by atoms with E-state index in [0.717, 1.165) is 37.8 Å². The highest BCUT2D eigenvalue weighted by Crippen LogP contribution is 2.27. The highest BCUT2D eigenvalue weighted by Gasteiger charge is 2.33. The third kappa shape index (κ3) is 11.3. The van der Waals surface area contributed by atoms with Gasteiger partial charge in [0.25, 0.3) is 0 Å². The van der Waals surface area contributed by atoms with Crippen LogP contribution in [0.25, 0.3) is 0 Å². The zero-order chi connectivity index (χ0) is 31.2. The first-order valence-corrected chi connectivity index (χ1v) is 14.5. The molecule has 0 bridgehead atoms. The Bertz CT molecular complexity index is 1040. The third-order valence-corrected chi connectivity index (χ3v) is 7.36. The molecule has 1 saturated carbocycles. The van der Waals surface area contributed by atoms with Gasteiger partial charge in [-0.1, -0.05) is 46.0 Å². The Morgan fingerprint density at radius 2 is 1.60 bits per heavy atom. The number of hydrogen-bond acceptors (Lipinski definition) is 8. The van der Waals surface area contributed by atoms with Gasteiger partial charge in [0.1, 0.15) is 36.2 Å². The Morgan fingerprint density at radius 3 is 2.14 bits per heavy atom. The molecule has 14 nitrogen and oxygen atoms in total. The number of quaternary nitrogens is 1. The number of aliphatic imine (C=N–C) groups is 1. The SMILES string of the molecule is CC(=O)N[C@@H](CO)C(=O)N[C@@H](C)C(=O)N[C@H](C(=O)N[C@@H](CC1CCCCC1)C(=O)N[C@H](C=O)CC1=CN=C[NH2+]1)C(C)C. The first-order chi connectivity index (χ1) is 19.9. The van der Waals surface area contributed by atoms with Crippen molar-refractivity contribution in [3.63, 3.8) is 0 Å². The molecule has 1 aliphatic heterocycles. The lowest BCUT2D eigenvalue weighted by molar-refractivity contribution is -0.472. The van der Waals surface area contributed by atoms with E-state index in [2.05, 4.69) is 31.6 Å². The molecular formula is C28H46N7O7+. The lowest BCUT2D eigenvalue weighted by Gasteiger charge is -2.30. The van der Waals surface area contributed by atoms with Gasteiger partial charge in [-0.05, 0) is 25.2 Å². The number of rotatable bonds is 16. The zero-order valence-corrected chi connectivity index (χ0v) is 24.9. The Morgan fingerprint density at radius 1 is 0.929 bits per heavy atom. The second-order valence-electron chi connectivity index (χ2n) is 11.3. The second kappa shape index (κ2) is 17.3. The van der Waals surface area contributed by atoms with Crippen LogP contribution in [0.4, 0.5) is 0 Å². The maximum Gasteiger partial charge on any atom is 0.245 e. The van der Waals surface area contributed by atoms with E-state index in [9.17, 15) is 33.9 Å². The van der Waals surface area contributed by atoms with Crippen LogP contribution in [-0.4, -0.2) is 84.1 Å². The van der Waals surface area contributed by atoms with Gasteiger partial charge in [-0.2, -0.15) is 0 Å². The molecule has 2 rings (SSSR count). The van der Waals surface area contributed by atoms with Gasteiger partial charge in [0.05, 0.1) is 25.3 Å². The van der Waals surface area contributed by atoms with Crippen molar-refractivity contribution in [2.24, 2.45) is 16.8 Å². The van der Waals surface area contributed by atoms with Crippen molar-refractivity contribution < 1.29 is 39.2 Å². The molecule has 0 radical (unpaired) electrons. The summed E-state index contributed by atoms with van der Waals surface area (Å²) < 4.78 is 0. The summed E-state index contributed by atoms with van der Waals surface area (Å²) in [6.45, 7) is 5.42. The molecule has 2 aliphatic rings. The minimum atomic E-state index is -1.23. The van der Waals surface area contributed by atoms with Crippen molar-refractivity contribution in [3.05, 3.63) is 11.9 Å². The van der Waals surface area contributed by atoms with Crippen LogP contribution in [0.15, 0.2) is 16.9 Å². The molecule has 0 saturated heterocycles. The molecule has 0 spiro atoms. The smallest absolute Gasteiger partial charge is 0.245 e. The van der Waals surface area contributed by atoms with Crippen LogP contribution in [0, 0.1) is 11.8 Å². The number of nitrogens with zero attached hydrogens (tertiary/aromatic N) is 1. The van der Waals surface area contributed by atoms with Crippen molar-refractivity contribution in [3.8, 4) is 0 Å². The molecule has 1 aliphatic carbocycles. The Kier molecular flexibility index (Phi) is 14.3. The average molecular weight is 593 g/mol. The first-order valence-electron chi connectivity index (χ1n) is 14.5. The second-order valence-corrected chi connectivity index (χ2v) is 11.3. The van der Waals surface area contributed by atoms with Gasteiger partial charge >= 0.3 is 0 Å². The summed E-state index contributed by atoms with van der Waals surface area (Å²) in [4.78, 5) is 79.1. The molecule has 1 fully saturated rings. The maximum absolute atomic E-state index is 13.5. The lowest BCUT2D eigenvalue weighted by Crippen LogP contribution is -2.79. The first kappa shape index (κ1) is 34.6. The van der Waals surface area contributed by atoms with Crippen LogP contribution in [0.1, 0.15) is 72.6 Å². The highest BCUT2D eigenvalue weighted by atomic mass is 16.3. The number of aliphatic hydroxyl groups is 1. The van der Waals surface area contributed by atoms with E-state index in [-0.39, 0.29) is 18.3 Å². The Hall–Kier alpha value is -3.65. The van der Waals surface area contributed by atoms with Crippen LogP contribution in [0.3, 0.4) is 0 Å². The van der Waals surface area contributed by atoms with E-state index in [4.69, 9.17) is 0 Å². The molecule has 14 heteroatoms. The maximum atomic E-state index is 13.5. The van der Waals surface area contributed by atoms with E-state index in [1.807, 2.05) is 0 Å². The number of nitrogens with one attached hydrogen (secondary N) is 5. The Labute approximate surface area is 246 Å². The summed E-state index contributed by atoms with van der Waals surface area (Å²) in [6.07, 6.45) is 9.63. The van der Waals surface area contributed by atoms with Gasteiger partial charge in [0.2, 0.25) is 29.5 Å². The van der Waals surface area contributed by atoms with E-state index >= 15 is 0 Å². The highest BCUT2D eigenvalue weighted by molar-refractivity contribution is 5.95. The quantitative estimate of drug-likeness (QED) is 0.101. The number of nitrogens with two attached hydrogens (primary N) is 1. The van der Waals surface area contributed by atoms with E-state index in [1.165, 1.54) is 13.8 Å². The number of aldehydes is 1. The molecule has 42 heavy (non-hydrogen) atoms. The van der Waals surface area contributed by atoms with Gasteiger partial charge in [-0.3, -0.25) is 29.3 Å². The Balaban J connectivity index is 2.09. The summed E-state index contributed by atoms with van der Waals surface area (Å²) in [6, 6.07) is -5.06. The van der Waals surface area contributed by atoms with E-state index in [1.54, 1.807) is 31.7 Å². The van der Waals surface area contributed by atoms with Crippen LogP contribution >= 0.6 is 0 Å². The topological polar surface area (TPSA) is 212 Å². The van der Waals surface area contributed by atoms with Gasteiger partial charge in [0, 0.05) is 6.92 Å². The molecular weight excluding hydrogens is 546 g/mol. The van der Waals surface area contributed by atoms with Crippen molar-refractivity contribution in [2.45, 2.75) is 103 Å². The summed E-state index contributed by atoms with van der Waals surface area (Å²) in [5.41, 5.74) is 0.798. The van der Waals surface area contributed by atoms with Gasteiger partial charge in [-0.25, -0.2) is 4.99 Å². The summed E-state index contributed by atoms with van der Waals surface area (Å²) in [5, 5.41) is 24.0. The van der Waals surface area contributed by atoms with E-state index in [0.29, 0.717) is 12.7 Å². The van der Waals surface area contributed by atoms with Crippen molar-refractivity contribution in [1.82, 2.24) is 26.6 Å². The predicted molar refractivity (Wildman–Crippen MR) is 153 cm³/mol. The number of carbonyl (C=O) groups excluding carboxylic acids is 6. The fraction of sp³-hybridized carbons (Fsp3) is 0.679. The average Bonchev–Trinajstić information content (AvgIpc) is 3.46. The van der Waals surface area contributed by atoms with Crippen LogP contribution < -0.4 is 31.9 Å². The van der Waals surface area contributed by atoms with Gasteiger partial charge < -0.3 is 36.5 Å². The molecule has 0 aromatic carbocycles. The molecule has 5 amide bonds. The molecule has 0 aromatic heterocycles. The van der Waals surface area contributed by atoms with E-state index < -0.39 is 66.4 Å². The van der Waals surface area contributed by atoms with Crippen molar-refractivity contribution in [2.75, 3.05) is 6.61 Å². The summed E-state index contributed by atoms with van der Waals surface area (Å²) in [5.74, 6) is -3.12. The summed E-state index contributed by atoms with van der Waals surface area (Å²) in [7, 11) is 0. The van der Waals surface area contributed by atoms with Gasteiger partial charge in [-0.15, -0.1) is 0 Å². The molecule has 0 unspecified atom stereocenters. The largest absolute Gasteiger partial charge is 0.394 e. The van der Waals surface area contributed by atoms with Crippen LogP contribution in [-0.2, 0) is 28.8 Å². The minimum absolute atomic E-state index is 0.231. The normalized spacial score (nSPS) is 18.6. The van der Waals surface area contributed by atoms with Crippen molar-refractivity contribution >= 4 is 42.2 Å². The number of carbonyl (C=O) groups is 6. The predicted octanol–water partition coefficient (Wildman–Crippen LogP) is -1.90.